The normalized spacial score (nSPS) is 11.9. The summed E-state index contributed by atoms with van der Waals surface area (Å²) in [6.45, 7) is 0.290. The van der Waals surface area contributed by atoms with Crippen molar-refractivity contribution in [3.63, 3.8) is 0 Å². The van der Waals surface area contributed by atoms with Gasteiger partial charge in [0.05, 0.1) is 16.6 Å². The third-order valence-electron chi connectivity index (χ3n) is 6.02. The number of nitrogens with two attached hydrogens (primary N) is 1. The molecule has 176 valence electrons. The van der Waals surface area contributed by atoms with Crippen molar-refractivity contribution in [3.05, 3.63) is 106 Å². The Balaban J connectivity index is 1.73. The topological polar surface area (TPSA) is 48.0 Å². The minimum Gasteiger partial charge on any atom is -0.366 e. The number of nitrogens with zero attached hydrogens (tertiary/aromatic N) is 1. The maximum Gasteiger partial charge on any atom is 0.416 e. The van der Waals surface area contributed by atoms with E-state index in [1.165, 1.54) is 12.1 Å². The number of benzene rings is 4. The Morgan fingerprint density at radius 2 is 1.63 bits per heavy atom. The number of carbonyl (C=O) groups excluding carboxylic acids is 1. The molecule has 8 heteroatoms. The molecule has 4 aromatic carbocycles. The van der Waals surface area contributed by atoms with E-state index in [1.807, 2.05) is 34.9 Å². The van der Waals surface area contributed by atoms with Gasteiger partial charge >= 0.3 is 6.18 Å². The van der Waals surface area contributed by atoms with Gasteiger partial charge in [0.1, 0.15) is 0 Å². The first-order chi connectivity index (χ1) is 16.6. The minimum atomic E-state index is -4.41. The molecule has 0 aliphatic carbocycles. The lowest BCUT2D eigenvalue weighted by molar-refractivity contribution is -0.137. The molecule has 0 aliphatic rings. The van der Waals surface area contributed by atoms with Gasteiger partial charge in [-0.05, 0) is 53.6 Å². The first-order valence-electron chi connectivity index (χ1n) is 10.6. The van der Waals surface area contributed by atoms with Gasteiger partial charge in [0.15, 0.2) is 0 Å². The Bertz CT molecular complexity index is 1610. The van der Waals surface area contributed by atoms with Gasteiger partial charge in [0, 0.05) is 38.5 Å². The van der Waals surface area contributed by atoms with Gasteiger partial charge in [0.2, 0.25) is 5.91 Å². The molecule has 3 nitrogen and oxygen atoms in total. The third-order valence-corrected chi connectivity index (χ3v) is 6.57. The van der Waals surface area contributed by atoms with Crippen LogP contribution in [0.2, 0.25) is 10.0 Å². The number of hydrogen-bond acceptors (Lipinski definition) is 1. The molecule has 0 spiro atoms. The second kappa shape index (κ2) is 8.63. The molecule has 1 amide bonds. The van der Waals surface area contributed by atoms with Gasteiger partial charge in [-0.15, -0.1) is 0 Å². The monoisotopic (exact) mass is 512 g/mol. The summed E-state index contributed by atoms with van der Waals surface area (Å²) in [7, 11) is 0. The summed E-state index contributed by atoms with van der Waals surface area (Å²) in [5, 5.41) is 2.49. The van der Waals surface area contributed by atoms with E-state index in [-0.39, 0.29) is 6.54 Å². The molecule has 0 aliphatic heterocycles. The standard InChI is InChI=1S/C27H17Cl2F3N2O/c28-18-9-11-19(22(29)13-18)16-6-10-20-24(12-16)34(23-3-1-2-21(25(20)23)26(33)35)14-15-4-7-17(8-5-15)27(30,31)32/h1-13H,14H2,(H2,33,35). The lowest BCUT2D eigenvalue weighted by Crippen LogP contribution is -2.11. The highest BCUT2D eigenvalue weighted by molar-refractivity contribution is 6.36. The number of rotatable bonds is 4. The van der Waals surface area contributed by atoms with E-state index in [2.05, 4.69) is 0 Å². The molecule has 0 saturated carbocycles. The summed E-state index contributed by atoms with van der Waals surface area (Å²) in [5.41, 5.74) is 9.14. The van der Waals surface area contributed by atoms with Crippen LogP contribution in [0.3, 0.4) is 0 Å². The summed E-state index contributed by atoms with van der Waals surface area (Å²) < 4.78 is 41.1. The molecule has 1 heterocycles. The highest BCUT2D eigenvalue weighted by Crippen LogP contribution is 2.37. The average Bonchev–Trinajstić information content (AvgIpc) is 3.12. The molecule has 0 radical (unpaired) electrons. The van der Waals surface area contributed by atoms with Crippen LogP contribution < -0.4 is 5.73 Å². The second-order valence-corrected chi connectivity index (χ2v) is 9.04. The fourth-order valence-corrected chi connectivity index (χ4v) is 4.91. The summed E-state index contributed by atoms with van der Waals surface area (Å²) in [4.78, 5) is 12.2. The number of fused-ring (bicyclic) bond motifs is 3. The molecule has 2 N–H and O–H groups in total. The van der Waals surface area contributed by atoms with Crippen LogP contribution in [-0.2, 0) is 12.7 Å². The molecule has 35 heavy (non-hydrogen) atoms. The van der Waals surface area contributed by atoms with Crippen molar-refractivity contribution < 1.29 is 18.0 Å². The van der Waals surface area contributed by atoms with Gasteiger partial charge < -0.3 is 10.3 Å². The fraction of sp³-hybridized carbons (Fsp3) is 0.0741. The van der Waals surface area contributed by atoms with Gasteiger partial charge in [-0.1, -0.05) is 59.6 Å². The molecule has 0 bridgehead atoms. The van der Waals surface area contributed by atoms with Gasteiger partial charge in [-0.3, -0.25) is 4.79 Å². The van der Waals surface area contributed by atoms with Crippen molar-refractivity contribution >= 4 is 50.9 Å². The average molecular weight is 513 g/mol. The maximum absolute atomic E-state index is 13.0. The zero-order chi connectivity index (χ0) is 24.9. The summed E-state index contributed by atoms with van der Waals surface area (Å²) in [6, 6.07) is 21.3. The van der Waals surface area contributed by atoms with Crippen molar-refractivity contribution in [2.75, 3.05) is 0 Å². The Morgan fingerprint density at radius 1 is 0.886 bits per heavy atom. The molecule has 0 fully saturated rings. The van der Waals surface area contributed by atoms with Crippen molar-refractivity contribution in [2.24, 2.45) is 5.73 Å². The highest BCUT2D eigenvalue weighted by Gasteiger charge is 2.30. The first-order valence-corrected chi connectivity index (χ1v) is 11.4. The second-order valence-electron chi connectivity index (χ2n) is 8.20. The zero-order valence-corrected chi connectivity index (χ0v) is 19.5. The number of primary amides is 1. The Kier molecular flexibility index (Phi) is 5.74. The smallest absolute Gasteiger partial charge is 0.366 e. The van der Waals surface area contributed by atoms with Gasteiger partial charge in [-0.2, -0.15) is 13.2 Å². The molecule has 1 aromatic heterocycles. The van der Waals surface area contributed by atoms with Crippen LogP contribution in [0.4, 0.5) is 13.2 Å². The number of hydrogen-bond donors (Lipinski definition) is 1. The summed E-state index contributed by atoms with van der Waals surface area (Å²) in [6.07, 6.45) is -4.41. The molecular formula is C27H17Cl2F3N2O. The van der Waals surface area contributed by atoms with Crippen molar-refractivity contribution in [3.8, 4) is 11.1 Å². The largest absolute Gasteiger partial charge is 0.416 e. The summed E-state index contributed by atoms with van der Waals surface area (Å²) >= 11 is 12.5. The zero-order valence-electron chi connectivity index (χ0n) is 18.0. The quantitative estimate of drug-likeness (QED) is 0.261. The van der Waals surface area contributed by atoms with Gasteiger partial charge in [-0.25, -0.2) is 0 Å². The lowest BCUT2D eigenvalue weighted by Gasteiger charge is -2.11. The molecular weight excluding hydrogens is 496 g/mol. The SMILES string of the molecule is NC(=O)c1cccc2c1c1ccc(-c3ccc(Cl)cc3Cl)cc1n2Cc1ccc(C(F)(F)F)cc1. The molecule has 5 rings (SSSR count). The number of halogens is 5. The van der Waals surface area contributed by atoms with Crippen LogP contribution >= 0.6 is 23.2 Å². The third kappa shape index (κ3) is 4.24. The Labute approximate surface area is 208 Å². The van der Waals surface area contributed by atoms with E-state index in [1.54, 1.807) is 24.3 Å². The minimum absolute atomic E-state index is 0.290. The Morgan fingerprint density at radius 3 is 2.29 bits per heavy atom. The van der Waals surface area contributed by atoms with Crippen LogP contribution in [0.25, 0.3) is 32.9 Å². The van der Waals surface area contributed by atoms with E-state index in [0.29, 0.717) is 26.6 Å². The van der Waals surface area contributed by atoms with E-state index < -0.39 is 17.6 Å². The van der Waals surface area contributed by atoms with Crippen LogP contribution in [-0.4, -0.2) is 10.5 Å². The number of aromatic nitrogens is 1. The fourth-order valence-electron chi connectivity index (χ4n) is 4.39. The van der Waals surface area contributed by atoms with E-state index in [4.69, 9.17) is 28.9 Å². The van der Waals surface area contributed by atoms with E-state index in [0.717, 1.165) is 39.7 Å². The van der Waals surface area contributed by atoms with Crippen LogP contribution in [0.15, 0.2) is 78.9 Å². The number of alkyl halides is 3. The summed E-state index contributed by atoms with van der Waals surface area (Å²) in [5.74, 6) is -0.561. The van der Waals surface area contributed by atoms with Crippen molar-refractivity contribution in [1.29, 1.82) is 0 Å². The number of carbonyl (C=O) groups is 1. The van der Waals surface area contributed by atoms with Crippen LogP contribution in [0.1, 0.15) is 21.5 Å². The molecule has 0 saturated heterocycles. The maximum atomic E-state index is 13.0. The van der Waals surface area contributed by atoms with Crippen molar-refractivity contribution in [2.45, 2.75) is 12.7 Å². The van der Waals surface area contributed by atoms with Crippen molar-refractivity contribution in [1.82, 2.24) is 4.57 Å². The molecule has 5 aromatic rings. The predicted octanol–water partition coefficient (Wildman–Crippen LogP) is 7.93. The lowest BCUT2D eigenvalue weighted by atomic mass is 10.0. The number of amides is 1. The molecule has 0 atom stereocenters. The van der Waals surface area contributed by atoms with Crippen LogP contribution in [0, 0.1) is 0 Å². The predicted molar refractivity (Wildman–Crippen MR) is 134 cm³/mol. The van der Waals surface area contributed by atoms with E-state index in [9.17, 15) is 18.0 Å². The van der Waals surface area contributed by atoms with Crippen LogP contribution in [0.5, 0.6) is 0 Å². The molecule has 0 unspecified atom stereocenters. The van der Waals surface area contributed by atoms with E-state index >= 15 is 0 Å². The first kappa shape index (κ1) is 23.3. The Hall–Kier alpha value is -3.48. The van der Waals surface area contributed by atoms with Gasteiger partial charge in [0.25, 0.3) is 0 Å². The highest BCUT2D eigenvalue weighted by atomic mass is 35.5.